The van der Waals surface area contributed by atoms with Crippen molar-refractivity contribution in [1.29, 1.82) is 0 Å². The first-order valence-corrected chi connectivity index (χ1v) is 10.0. The third kappa shape index (κ3) is 6.36. The van der Waals surface area contributed by atoms with Crippen molar-refractivity contribution in [2.45, 2.75) is 65.7 Å². The number of carbonyl (C=O) groups excluding carboxylic acids is 2. The normalized spacial score (nSPS) is 21.4. The number of esters is 1. The number of benzene rings is 1. The van der Waals surface area contributed by atoms with Gasteiger partial charge in [0.15, 0.2) is 6.10 Å². The van der Waals surface area contributed by atoms with Gasteiger partial charge in [-0.1, -0.05) is 32.4 Å². The molecule has 2 rings (SSSR count). The van der Waals surface area contributed by atoms with Crippen molar-refractivity contribution < 1.29 is 27.5 Å². The number of rotatable bonds is 4. The van der Waals surface area contributed by atoms with Crippen LogP contribution < -0.4 is 5.32 Å². The molecule has 1 aromatic rings. The molecule has 162 valence electrons. The van der Waals surface area contributed by atoms with Crippen LogP contribution in [0.4, 0.5) is 18.9 Å². The molecule has 0 aliphatic heterocycles. The maximum Gasteiger partial charge on any atom is 0.416 e. The standard InChI is InChI=1S/C21H27ClF3NO3/c1-12(29-19(28)13-5-7-14(8-6-13)20(2,3)4)18(27)26-17-11-15(21(23,24)25)9-10-16(17)22/h9-14H,5-8H2,1-4H3,(H,26,27)/t12-,13?,14?/m0/s1. The van der Waals surface area contributed by atoms with Gasteiger partial charge in [0, 0.05) is 0 Å². The van der Waals surface area contributed by atoms with E-state index in [2.05, 4.69) is 26.1 Å². The van der Waals surface area contributed by atoms with Crippen molar-refractivity contribution in [1.82, 2.24) is 0 Å². The topological polar surface area (TPSA) is 55.4 Å². The lowest BCUT2D eigenvalue weighted by Crippen LogP contribution is -2.34. The summed E-state index contributed by atoms with van der Waals surface area (Å²) in [6.07, 6.45) is -2.46. The molecular formula is C21H27ClF3NO3. The highest BCUT2D eigenvalue weighted by atomic mass is 35.5. The SMILES string of the molecule is C[C@H](OC(=O)C1CCC(C(C)(C)C)CC1)C(=O)Nc1cc(C(F)(F)F)ccc1Cl. The maximum absolute atomic E-state index is 12.8. The number of amides is 1. The summed E-state index contributed by atoms with van der Waals surface area (Å²) < 4.78 is 43.8. The second-order valence-corrected chi connectivity index (χ2v) is 9.08. The third-order valence-corrected chi connectivity index (χ3v) is 5.83. The van der Waals surface area contributed by atoms with Gasteiger partial charge in [-0.3, -0.25) is 9.59 Å². The van der Waals surface area contributed by atoms with Gasteiger partial charge in [0.1, 0.15) is 0 Å². The van der Waals surface area contributed by atoms with Crippen LogP contribution in [0.5, 0.6) is 0 Å². The van der Waals surface area contributed by atoms with Gasteiger partial charge in [0.2, 0.25) is 0 Å². The second-order valence-electron chi connectivity index (χ2n) is 8.68. The average molecular weight is 434 g/mol. The summed E-state index contributed by atoms with van der Waals surface area (Å²) in [6, 6.07) is 2.64. The Bertz CT molecular complexity index is 751. The van der Waals surface area contributed by atoms with Crippen LogP contribution >= 0.6 is 11.6 Å². The molecule has 1 saturated carbocycles. The summed E-state index contributed by atoms with van der Waals surface area (Å²) >= 11 is 5.88. The van der Waals surface area contributed by atoms with Crippen molar-refractivity contribution in [2.24, 2.45) is 17.3 Å². The van der Waals surface area contributed by atoms with Gasteiger partial charge in [-0.15, -0.1) is 0 Å². The molecule has 0 saturated heterocycles. The molecule has 0 aromatic heterocycles. The number of alkyl halides is 3. The van der Waals surface area contributed by atoms with Gasteiger partial charge >= 0.3 is 12.1 Å². The molecule has 1 N–H and O–H groups in total. The fourth-order valence-corrected chi connectivity index (χ4v) is 3.72. The first kappa shape index (κ1) is 23.5. The van der Waals surface area contributed by atoms with E-state index in [4.69, 9.17) is 16.3 Å². The molecule has 0 radical (unpaired) electrons. The molecule has 1 amide bonds. The van der Waals surface area contributed by atoms with Crippen molar-refractivity contribution in [2.75, 3.05) is 5.32 Å². The smallest absolute Gasteiger partial charge is 0.416 e. The molecular weight excluding hydrogens is 407 g/mol. The fourth-order valence-electron chi connectivity index (χ4n) is 3.55. The molecule has 1 aliphatic carbocycles. The fraction of sp³-hybridized carbons (Fsp3) is 0.619. The Hall–Kier alpha value is -1.76. The molecule has 0 spiro atoms. The summed E-state index contributed by atoms with van der Waals surface area (Å²) in [7, 11) is 0. The largest absolute Gasteiger partial charge is 0.452 e. The zero-order chi connectivity index (χ0) is 22.0. The number of anilines is 1. The third-order valence-electron chi connectivity index (χ3n) is 5.50. The maximum atomic E-state index is 12.8. The Balaban J connectivity index is 1.94. The van der Waals surface area contributed by atoms with E-state index in [1.807, 2.05) is 0 Å². The highest BCUT2D eigenvalue weighted by Gasteiger charge is 2.34. The van der Waals surface area contributed by atoms with Gasteiger partial charge in [0.25, 0.3) is 5.91 Å². The molecule has 0 unspecified atom stereocenters. The number of nitrogens with one attached hydrogen (secondary N) is 1. The van der Waals surface area contributed by atoms with Crippen LogP contribution in [0, 0.1) is 17.3 Å². The highest BCUT2D eigenvalue weighted by molar-refractivity contribution is 6.33. The van der Waals surface area contributed by atoms with Crippen molar-refractivity contribution in [3.8, 4) is 0 Å². The van der Waals surface area contributed by atoms with E-state index in [-0.39, 0.29) is 22.0 Å². The van der Waals surface area contributed by atoms with E-state index in [1.54, 1.807) is 0 Å². The Morgan fingerprint density at radius 1 is 1.14 bits per heavy atom. The number of ether oxygens (including phenoxy) is 1. The molecule has 1 aromatic carbocycles. The summed E-state index contributed by atoms with van der Waals surface area (Å²) in [4.78, 5) is 24.7. The zero-order valence-corrected chi connectivity index (χ0v) is 17.8. The first-order valence-electron chi connectivity index (χ1n) is 9.67. The highest BCUT2D eigenvalue weighted by Crippen LogP contribution is 2.40. The molecule has 1 fully saturated rings. The first-order chi connectivity index (χ1) is 13.3. The number of hydrogen-bond donors (Lipinski definition) is 1. The molecule has 1 atom stereocenters. The minimum Gasteiger partial charge on any atom is -0.452 e. The summed E-state index contributed by atoms with van der Waals surface area (Å²) in [5.74, 6) is -0.908. The van der Waals surface area contributed by atoms with Crippen LogP contribution in [-0.2, 0) is 20.5 Å². The number of halogens is 4. The molecule has 1 aliphatic rings. The lowest BCUT2D eigenvalue weighted by atomic mass is 9.70. The minimum atomic E-state index is -4.56. The van der Waals surface area contributed by atoms with Crippen molar-refractivity contribution in [3.63, 3.8) is 0 Å². The summed E-state index contributed by atoms with van der Waals surface area (Å²) in [5.41, 5.74) is -0.927. The lowest BCUT2D eigenvalue weighted by molar-refractivity contribution is -0.158. The molecule has 0 bridgehead atoms. The minimum absolute atomic E-state index is 0.0367. The van der Waals surface area contributed by atoms with Gasteiger partial charge in [-0.25, -0.2) is 0 Å². The van der Waals surface area contributed by atoms with Gasteiger partial charge in [-0.05, 0) is 62.1 Å². The van der Waals surface area contributed by atoms with E-state index >= 15 is 0 Å². The van der Waals surface area contributed by atoms with E-state index in [9.17, 15) is 22.8 Å². The van der Waals surface area contributed by atoms with Gasteiger partial charge in [0.05, 0.1) is 22.2 Å². The van der Waals surface area contributed by atoms with E-state index in [0.717, 1.165) is 31.0 Å². The van der Waals surface area contributed by atoms with Crippen LogP contribution in [0.1, 0.15) is 58.9 Å². The van der Waals surface area contributed by atoms with Crippen LogP contribution in [0.2, 0.25) is 5.02 Å². The Morgan fingerprint density at radius 3 is 2.24 bits per heavy atom. The second kappa shape index (κ2) is 8.94. The molecule has 0 heterocycles. The predicted molar refractivity (Wildman–Crippen MR) is 106 cm³/mol. The monoisotopic (exact) mass is 433 g/mol. The van der Waals surface area contributed by atoms with Gasteiger partial charge < -0.3 is 10.1 Å². The van der Waals surface area contributed by atoms with Crippen LogP contribution in [0.25, 0.3) is 0 Å². The zero-order valence-electron chi connectivity index (χ0n) is 17.0. The van der Waals surface area contributed by atoms with Gasteiger partial charge in [-0.2, -0.15) is 13.2 Å². The van der Waals surface area contributed by atoms with Crippen LogP contribution in [-0.4, -0.2) is 18.0 Å². The average Bonchev–Trinajstić information content (AvgIpc) is 2.61. The molecule has 8 heteroatoms. The predicted octanol–water partition coefficient (Wildman–Crippen LogP) is 6.08. The quantitative estimate of drug-likeness (QED) is 0.585. The van der Waals surface area contributed by atoms with E-state index < -0.39 is 29.7 Å². The van der Waals surface area contributed by atoms with Crippen LogP contribution in [0.15, 0.2) is 18.2 Å². The molecule has 4 nitrogen and oxygen atoms in total. The Morgan fingerprint density at radius 2 is 1.72 bits per heavy atom. The Kier molecular flexibility index (Phi) is 7.25. The number of hydrogen-bond acceptors (Lipinski definition) is 3. The van der Waals surface area contributed by atoms with E-state index in [1.165, 1.54) is 6.92 Å². The summed E-state index contributed by atoms with van der Waals surface area (Å²) in [6.45, 7) is 7.93. The van der Waals surface area contributed by atoms with Crippen LogP contribution in [0.3, 0.4) is 0 Å². The summed E-state index contributed by atoms with van der Waals surface area (Å²) in [5, 5.41) is 2.27. The van der Waals surface area contributed by atoms with Crippen molar-refractivity contribution >= 4 is 29.2 Å². The lowest BCUT2D eigenvalue weighted by Gasteiger charge is -2.36. The Labute approximate surface area is 174 Å². The van der Waals surface area contributed by atoms with E-state index in [0.29, 0.717) is 18.8 Å². The number of carbonyl (C=O) groups is 2. The van der Waals surface area contributed by atoms with Crippen molar-refractivity contribution in [3.05, 3.63) is 28.8 Å². The molecule has 29 heavy (non-hydrogen) atoms.